The molecule has 0 radical (unpaired) electrons. The predicted octanol–water partition coefficient (Wildman–Crippen LogP) is 0.734. The summed E-state index contributed by atoms with van der Waals surface area (Å²) in [5, 5.41) is 5.84. The van der Waals surface area contributed by atoms with Gasteiger partial charge < -0.3 is 15.2 Å². The average Bonchev–Trinajstić information content (AvgIpc) is 2.71. The minimum atomic E-state index is 0.0772. The molecule has 4 heteroatoms. The van der Waals surface area contributed by atoms with Gasteiger partial charge in [0.05, 0.1) is 0 Å². The van der Waals surface area contributed by atoms with Gasteiger partial charge in [0.1, 0.15) is 0 Å². The van der Waals surface area contributed by atoms with Crippen molar-refractivity contribution in [3.8, 4) is 0 Å². The van der Waals surface area contributed by atoms with E-state index in [9.17, 15) is 4.79 Å². The molecule has 1 rings (SSSR count). The van der Waals surface area contributed by atoms with Crippen molar-refractivity contribution in [3.05, 3.63) is 24.0 Å². The molecule has 0 unspecified atom stereocenters. The van der Waals surface area contributed by atoms with Crippen LogP contribution in [0.3, 0.4) is 0 Å². The Hall–Kier alpha value is -1.29. The topological polar surface area (TPSA) is 46.1 Å². The summed E-state index contributed by atoms with van der Waals surface area (Å²) in [6, 6.07) is 4.13. The fourth-order valence-corrected chi connectivity index (χ4v) is 1.46. The van der Waals surface area contributed by atoms with Crippen LogP contribution in [0.2, 0.25) is 0 Å². The molecule has 0 bridgehead atoms. The van der Waals surface area contributed by atoms with E-state index in [0.717, 1.165) is 13.1 Å². The highest BCUT2D eigenvalue weighted by atomic mass is 16.1. The zero-order valence-corrected chi connectivity index (χ0v) is 9.42. The molecule has 0 aromatic carbocycles. The zero-order chi connectivity index (χ0) is 11.1. The maximum Gasteiger partial charge on any atom is 0.221 e. The summed E-state index contributed by atoms with van der Waals surface area (Å²) in [7, 11) is 1.66. The first-order valence-corrected chi connectivity index (χ1v) is 5.33. The lowest BCUT2D eigenvalue weighted by molar-refractivity contribution is -0.120. The van der Waals surface area contributed by atoms with Gasteiger partial charge in [0.25, 0.3) is 0 Å². The van der Waals surface area contributed by atoms with Gasteiger partial charge in [0, 0.05) is 45.0 Å². The SMILES string of the molecule is CCn1cccc1CNCCC(=O)NC. The third-order valence-electron chi connectivity index (χ3n) is 2.38. The molecule has 0 saturated carbocycles. The van der Waals surface area contributed by atoms with E-state index in [2.05, 4.69) is 34.4 Å². The first-order valence-electron chi connectivity index (χ1n) is 5.33. The zero-order valence-electron chi connectivity index (χ0n) is 9.42. The second-order valence-electron chi connectivity index (χ2n) is 3.39. The van der Waals surface area contributed by atoms with Crippen LogP contribution in [0.25, 0.3) is 0 Å². The van der Waals surface area contributed by atoms with Crippen LogP contribution >= 0.6 is 0 Å². The number of rotatable bonds is 6. The molecular formula is C11H19N3O. The molecule has 1 aromatic heterocycles. The van der Waals surface area contributed by atoms with Crippen LogP contribution in [0.4, 0.5) is 0 Å². The summed E-state index contributed by atoms with van der Waals surface area (Å²) in [6.45, 7) is 4.64. The minimum absolute atomic E-state index is 0.0772. The number of hydrogen-bond donors (Lipinski definition) is 2. The fraction of sp³-hybridized carbons (Fsp3) is 0.545. The molecule has 0 fully saturated rings. The van der Waals surface area contributed by atoms with Crippen molar-refractivity contribution >= 4 is 5.91 Å². The molecule has 1 heterocycles. The van der Waals surface area contributed by atoms with Crippen molar-refractivity contribution in [1.82, 2.24) is 15.2 Å². The quantitative estimate of drug-likeness (QED) is 0.679. The van der Waals surface area contributed by atoms with Crippen LogP contribution in [0, 0.1) is 0 Å². The number of aryl methyl sites for hydroxylation is 1. The smallest absolute Gasteiger partial charge is 0.221 e. The van der Waals surface area contributed by atoms with Crippen LogP contribution in [0.1, 0.15) is 19.0 Å². The van der Waals surface area contributed by atoms with Crippen molar-refractivity contribution in [2.75, 3.05) is 13.6 Å². The summed E-state index contributed by atoms with van der Waals surface area (Å²) >= 11 is 0. The highest BCUT2D eigenvalue weighted by Gasteiger charge is 1.99. The van der Waals surface area contributed by atoms with E-state index in [1.54, 1.807) is 7.05 Å². The average molecular weight is 209 g/mol. The van der Waals surface area contributed by atoms with Gasteiger partial charge in [0.2, 0.25) is 5.91 Å². The van der Waals surface area contributed by atoms with Crippen molar-refractivity contribution in [2.45, 2.75) is 26.4 Å². The second-order valence-corrected chi connectivity index (χ2v) is 3.39. The molecule has 0 spiro atoms. The van der Waals surface area contributed by atoms with Crippen molar-refractivity contribution in [1.29, 1.82) is 0 Å². The molecule has 0 aliphatic rings. The Morgan fingerprint density at radius 1 is 1.53 bits per heavy atom. The first kappa shape index (κ1) is 11.8. The molecule has 1 amide bonds. The Bertz CT molecular complexity index is 307. The van der Waals surface area contributed by atoms with Gasteiger partial charge in [0.15, 0.2) is 0 Å². The van der Waals surface area contributed by atoms with Gasteiger partial charge >= 0.3 is 0 Å². The van der Waals surface area contributed by atoms with Crippen LogP contribution in [0.5, 0.6) is 0 Å². The van der Waals surface area contributed by atoms with E-state index < -0.39 is 0 Å². The summed E-state index contributed by atoms with van der Waals surface area (Å²) < 4.78 is 2.19. The lowest BCUT2D eigenvalue weighted by atomic mass is 10.3. The Labute approximate surface area is 90.7 Å². The number of carbonyl (C=O) groups is 1. The monoisotopic (exact) mass is 209 g/mol. The molecule has 4 nitrogen and oxygen atoms in total. The molecular weight excluding hydrogens is 190 g/mol. The Balaban J connectivity index is 2.23. The maximum absolute atomic E-state index is 10.9. The molecule has 0 aliphatic carbocycles. The van der Waals surface area contributed by atoms with E-state index in [-0.39, 0.29) is 5.91 Å². The highest BCUT2D eigenvalue weighted by Crippen LogP contribution is 2.01. The van der Waals surface area contributed by atoms with Crippen molar-refractivity contribution < 1.29 is 4.79 Å². The second kappa shape index (κ2) is 6.24. The Morgan fingerprint density at radius 2 is 2.33 bits per heavy atom. The summed E-state index contributed by atoms with van der Waals surface area (Å²) in [4.78, 5) is 10.9. The third kappa shape index (κ3) is 3.75. The number of aromatic nitrogens is 1. The fourth-order valence-electron chi connectivity index (χ4n) is 1.46. The Kier molecular flexibility index (Phi) is 4.90. The molecule has 15 heavy (non-hydrogen) atoms. The van der Waals surface area contributed by atoms with Crippen molar-refractivity contribution in [3.63, 3.8) is 0 Å². The number of hydrogen-bond acceptors (Lipinski definition) is 2. The normalized spacial score (nSPS) is 10.3. The number of carbonyl (C=O) groups excluding carboxylic acids is 1. The van der Waals surface area contributed by atoms with Gasteiger partial charge in [-0.1, -0.05) is 0 Å². The lowest BCUT2D eigenvalue weighted by Crippen LogP contribution is -2.25. The summed E-state index contributed by atoms with van der Waals surface area (Å²) in [6.07, 6.45) is 2.60. The van der Waals surface area contributed by atoms with Crippen molar-refractivity contribution in [2.24, 2.45) is 0 Å². The maximum atomic E-state index is 10.9. The lowest BCUT2D eigenvalue weighted by Gasteiger charge is -2.07. The van der Waals surface area contributed by atoms with Gasteiger partial charge in [-0.25, -0.2) is 0 Å². The largest absolute Gasteiger partial charge is 0.359 e. The molecule has 84 valence electrons. The van der Waals surface area contributed by atoms with Crippen LogP contribution in [-0.2, 0) is 17.9 Å². The van der Waals surface area contributed by atoms with E-state index >= 15 is 0 Å². The first-order chi connectivity index (χ1) is 7.27. The molecule has 0 saturated heterocycles. The van der Waals surface area contributed by atoms with Crippen LogP contribution < -0.4 is 10.6 Å². The molecule has 1 aromatic rings. The van der Waals surface area contributed by atoms with E-state index in [0.29, 0.717) is 13.0 Å². The van der Waals surface area contributed by atoms with E-state index in [1.807, 2.05) is 6.07 Å². The molecule has 0 atom stereocenters. The standard InChI is InChI=1S/C11H19N3O/c1-3-14-8-4-5-10(14)9-13-7-6-11(15)12-2/h4-5,8,13H,3,6-7,9H2,1-2H3,(H,12,15). The molecule has 2 N–H and O–H groups in total. The van der Waals surface area contributed by atoms with E-state index in [1.165, 1.54) is 5.69 Å². The summed E-state index contributed by atoms with van der Waals surface area (Å²) in [5.74, 6) is 0.0772. The number of nitrogens with zero attached hydrogens (tertiary/aromatic N) is 1. The third-order valence-corrected chi connectivity index (χ3v) is 2.38. The van der Waals surface area contributed by atoms with Gasteiger partial charge in [-0.15, -0.1) is 0 Å². The number of amides is 1. The van der Waals surface area contributed by atoms with Gasteiger partial charge in [-0.3, -0.25) is 4.79 Å². The Morgan fingerprint density at radius 3 is 3.00 bits per heavy atom. The minimum Gasteiger partial charge on any atom is -0.359 e. The molecule has 0 aliphatic heterocycles. The highest BCUT2D eigenvalue weighted by molar-refractivity contribution is 5.75. The summed E-state index contributed by atoms with van der Waals surface area (Å²) in [5.41, 5.74) is 1.26. The van der Waals surface area contributed by atoms with Crippen LogP contribution in [0.15, 0.2) is 18.3 Å². The van der Waals surface area contributed by atoms with Crippen LogP contribution in [-0.4, -0.2) is 24.1 Å². The predicted molar refractivity (Wildman–Crippen MR) is 60.5 cm³/mol. The van der Waals surface area contributed by atoms with E-state index in [4.69, 9.17) is 0 Å². The van der Waals surface area contributed by atoms with Gasteiger partial charge in [-0.2, -0.15) is 0 Å². The number of nitrogens with one attached hydrogen (secondary N) is 2. The van der Waals surface area contributed by atoms with Gasteiger partial charge in [-0.05, 0) is 19.1 Å².